The number of nitrogens with zero attached hydrogens (tertiary/aromatic N) is 5. The topological polar surface area (TPSA) is 92.5 Å². The Morgan fingerprint density at radius 1 is 1.14 bits per heavy atom. The van der Waals surface area contributed by atoms with Gasteiger partial charge in [0, 0.05) is 28.7 Å². The van der Waals surface area contributed by atoms with Crippen LogP contribution in [0.5, 0.6) is 11.5 Å². The number of pyridine rings is 1. The highest BCUT2D eigenvalue weighted by Gasteiger charge is 2.12. The van der Waals surface area contributed by atoms with Crippen LogP contribution in [0, 0.1) is 0 Å². The lowest BCUT2D eigenvalue weighted by atomic mass is 10.3. The summed E-state index contributed by atoms with van der Waals surface area (Å²) in [5.41, 5.74) is 1.82. The standard InChI is InChI=1S/C18H17BrN6O2S/c1-26-14-3-2-4-15(7-14)27-10-17-22-23-18(25(17)20)28-11-13-9-24-8-12(19)5-6-16(24)21-13/h2-9H,10-11,20H2,1H3. The van der Waals surface area contributed by atoms with E-state index in [9.17, 15) is 0 Å². The van der Waals surface area contributed by atoms with Crippen molar-refractivity contribution < 1.29 is 9.47 Å². The minimum atomic E-state index is 0.208. The van der Waals surface area contributed by atoms with Gasteiger partial charge >= 0.3 is 0 Å². The van der Waals surface area contributed by atoms with Gasteiger partial charge in [-0.25, -0.2) is 9.66 Å². The van der Waals surface area contributed by atoms with E-state index in [-0.39, 0.29) is 6.61 Å². The summed E-state index contributed by atoms with van der Waals surface area (Å²) in [6.45, 7) is 0.208. The number of hydrogen-bond donors (Lipinski definition) is 1. The Labute approximate surface area is 173 Å². The molecule has 8 nitrogen and oxygen atoms in total. The van der Waals surface area contributed by atoms with Gasteiger partial charge in [0.15, 0.2) is 5.82 Å². The molecule has 0 bridgehead atoms. The number of nitrogens with two attached hydrogens (primary N) is 1. The van der Waals surface area contributed by atoms with Crippen molar-refractivity contribution in [1.29, 1.82) is 0 Å². The number of ether oxygens (including phenoxy) is 2. The first-order chi connectivity index (χ1) is 13.6. The molecule has 0 aliphatic rings. The molecule has 4 rings (SSSR count). The van der Waals surface area contributed by atoms with Crippen molar-refractivity contribution >= 4 is 33.3 Å². The average Bonchev–Trinajstić information content (AvgIpc) is 3.27. The number of nitrogen functional groups attached to an aromatic ring is 1. The maximum Gasteiger partial charge on any atom is 0.210 e. The normalized spacial score (nSPS) is 11.1. The van der Waals surface area contributed by atoms with E-state index in [1.54, 1.807) is 13.2 Å². The number of aromatic nitrogens is 5. The monoisotopic (exact) mass is 460 g/mol. The molecule has 2 N–H and O–H groups in total. The van der Waals surface area contributed by atoms with E-state index in [1.807, 2.05) is 47.1 Å². The fraction of sp³-hybridized carbons (Fsp3) is 0.167. The van der Waals surface area contributed by atoms with Crippen molar-refractivity contribution in [1.82, 2.24) is 24.3 Å². The highest BCUT2D eigenvalue weighted by Crippen LogP contribution is 2.23. The maximum absolute atomic E-state index is 6.12. The highest BCUT2D eigenvalue weighted by atomic mass is 79.9. The van der Waals surface area contributed by atoms with Crippen LogP contribution in [0.25, 0.3) is 5.65 Å². The molecule has 28 heavy (non-hydrogen) atoms. The molecule has 0 aliphatic carbocycles. The van der Waals surface area contributed by atoms with Crippen molar-refractivity contribution in [3.8, 4) is 11.5 Å². The summed E-state index contributed by atoms with van der Waals surface area (Å²) in [4.78, 5) is 4.58. The first kappa shape index (κ1) is 18.6. The lowest BCUT2D eigenvalue weighted by Crippen LogP contribution is -2.15. The smallest absolute Gasteiger partial charge is 0.210 e. The Hall–Kier alpha value is -2.72. The Balaban J connectivity index is 1.39. The molecular weight excluding hydrogens is 444 g/mol. The van der Waals surface area contributed by atoms with Crippen LogP contribution < -0.4 is 15.3 Å². The first-order valence-corrected chi connectivity index (χ1v) is 10.1. The second kappa shape index (κ2) is 8.11. The molecule has 0 saturated carbocycles. The van der Waals surface area contributed by atoms with Crippen LogP contribution in [0.3, 0.4) is 0 Å². The number of halogens is 1. The zero-order valence-electron chi connectivity index (χ0n) is 14.9. The largest absolute Gasteiger partial charge is 0.497 e. The Kier molecular flexibility index (Phi) is 5.40. The number of imidazole rings is 1. The van der Waals surface area contributed by atoms with E-state index in [1.165, 1.54) is 16.4 Å². The van der Waals surface area contributed by atoms with Crippen molar-refractivity contribution in [2.24, 2.45) is 0 Å². The fourth-order valence-electron chi connectivity index (χ4n) is 2.57. The third-order valence-corrected chi connectivity index (χ3v) is 5.40. The molecule has 0 amide bonds. The predicted molar refractivity (Wildman–Crippen MR) is 110 cm³/mol. The zero-order chi connectivity index (χ0) is 19.5. The van der Waals surface area contributed by atoms with Crippen LogP contribution in [0.2, 0.25) is 0 Å². The van der Waals surface area contributed by atoms with Crippen molar-refractivity contribution in [3.63, 3.8) is 0 Å². The van der Waals surface area contributed by atoms with Crippen LogP contribution >= 0.6 is 27.7 Å². The third-order valence-electron chi connectivity index (χ3n) is 3.96. The summed E-state index contributed by atoms with van der Waals surface area (Å²) in [7, 11) is 1.61. The van der Waals surface area contributed by atoms with Gasteiger partial charge in [-0.05, 0) is 40.2 Å². The molecule has 144 valence electrons. The lowest BCUT2D eigenvalue weighted by Gasteiger charge is -2.07. The van der Waals surface area contributed by atoms with E-state index in [0.717, 1.165) is 21.6 Å². The number of thioether (sulfide) groups is 1. The average molecular weight is 461 g/mol. The molecule has 10 heteroatoms. The van der Waals surface area contributed by atoms with Crippen LogP contribution in [0.4, 0.5) is 0 Å². The molecule has 3 aromatic heterocycles. The van der Waals surface area contributed by atoms with Crippen LogP contribution in [0.15, 0.2) is 58.4 Å². The quantitative estimate of drug-likeness (QED) is 0.334. The van der Waals surface area contributed by atoms with Crippen LogP contribution in [-0.2, 0) is 12.4 Å². The number of rotatable bonds is 7. The van der Waals surface area contributed by atoms with Gasteiger partial charge in [-0.3, -0.25) is 0 Å². The molecule has 0 spiro atoms. The number of benzene rings is 1. The van der Waals surface area contributed by atoms with Gasteiger partial charge in [0.05, 0.1) is 12.8 Å². The third kappa shape index (κ3) is 4.07. The van der Waals surface area contributed by atoms with Crippen molar-refractivity contribution in [2.75, 3.05) is 13.0 Å². The summed E-state index contributed by atoms with van der Waals surface area (Å²) in [5, 5.41) is 8.87. The zero-order valence-corrected chi connectivity index (χ0v) is 17.4. The maximum atomic E-state index is 6.12. The molecular formula is C18H17BrN6O2S. The van der Waals surface area contributed by atoms with Gasteiger partial charge in [-0.2, -0.15) is 0 Å². The number of methoxy groups -OCH3 is 1. The molecule has 0 atom stereocenters. The predicted octanol–water partition coefficient (Wildman–Crippen LogP) is 3.28. The SMILES string of the molecule is COc1cccc(OCc2nnc(SCc3cn4cc(Br)ccc4n3)n2N)c1. The molecule has 1 aromatic carbocycles. The van der Waals surface area contributed by atoms with Crippen molar-refractivity contribution in [3.05, 3.63) is 64.8 Å². The van der Waals surface area contributed by atoms with Gasteiger partial charge in [-0.1, -0.05) is 17.8 Å². The van der Waals surface area contributed by atoms with E-state index in [2.05, 4.69) is 31.1 Å². The Morgan fingerprint density at radius 3 is 2.86 bits per heavy atom. The summed E-state index contributed by atoms with van der Waals surface area (Å²) in [6, 6.07) is 11.3. The van der Waals surface area contributed by atoms with Crippen LogP contribution in [0.1, 0.15) is 11.5 Å². The van der Waals surface area contributed by atoms with E-state index in [4.69, 9.17) is 15.3 Å². The van der Waals surface area contributed by atoms with Gasteiger partial charge in [0.1, 0.15) is 23.8 Å². The molecule has 0 radical (unpaired) electrons. The minimum absolute atomic E-state index is 0.208. The van der Waals surface area contributed by atoms with E-state index < -0.39 is 0 Å². The number of hydrogen-bond acceptors (Lipinski definition) is 7. The summed E-state index contributed by atoms with van der Waals surface area (Å²) in [6.07, 6.45) is 3.95. The Bertz CT molecular complexity index is 1110. The molecule has 0 fully saturated rings. The second-order valence-electron chi connectivity index (χ2n) is 5.87. The molecule has 4 aromatic rings. The first-order valence-electron chi connectivity index (χ1n) is 8.34. The van der Waals surface area contributed by atoms with Crippen LogP contribution in [-0.4, -0.2) is 31.4 Å². The van der Waals surface area contributed by atoms with Gasteiger partial charge < -0.3 is 19.7 Å². The molecule has 0 unspecified atom stereocenters. The van der Waals surface area contributed by atoms with E-state index in [0.29, 0.717) is 22.5 Å². The fourth-order valence-corrected chi connectivity index (χ4v) is 3.68. The summed E-state index contributed by atoms with van der Waals surface area (Å²) in [5.74, 6) is 8.68. The number of fused-ring (bicyclic) bond motifs is 1. The van der Waals surface area contributed by atoms with Crippen molar-refractivity contribution in [2.45, 2.75) is 17.5 Å². The molecule has 0 saturated heterocycles. The Morgan fingerprint density at radius 2 is 2.00 bits per heavy atom. The minimum Gasteiger partial charge on any atom is -0.497 e. The second-order valence-corrected chi connectivity index (χ2v) is 7.73. The molecule has 0 aliphatic heterocycles. The van der Waals surface area contributed by atoms with Gasteiger partial charge in [0.25, 0.3) is 0 Å². The lowest BCUT2D eigenvalue weighted by molar-refractivity contribution is 0.289. The highest BCUT2D eigenvalue weighted by molar-refractivity contribution is 9.10. The summed E-state index contributed by atoms with van der Waals surface area (Å²) >= 11 is 4.93. The molecule has 3 heterocycles. The van der Waals surface area contributed by atoms with Gasteiger partial charge in [0.2, 0.25) is 5.16 Å². The van der Waals surface area contributed by atoms with Gasteiger partial charge in [-0.15, -0.1) is 10.2 Å². The van der Waals surface area contributed by atoms with E-state index >= 15 is 0 Å². The summed E-state index contributed by atoms with van der Waals surface area (Å²) < 4.78 is 15.3.